The summed E-state index contributed by atoms with van der Waals surface area (Å²) in [6.07, 6.45) is 8.26. The topological polar surface area (TPSA) is 60.9 Å². The monoisotopic (exact) mass is 282 g/mol. The number of nitrogens with zero attached hydrogens (tertiary/aromatic N) is 2. The highest BCUT2D eigenvalue weighted by Gasteiger charge is 2.32. The molecule has 114 valence electrons. The largest absolute Gasteiger partial charge is 0.481 e. The van der Waals surface area contributed by atoms with Crippen LogP contribution in [0.5, 0.6) is 0 Å². The highest BCUT2D eigenvalue weighted by atomic mass is 16.4. The average molecular weight is 282 g/mol. The van der Waals surface area contributed by atoms with Gasteiger partial charge in [-0.1, -0.05) is 19.3 Å². The number of aliphatic carboxylic acids is 1. The molecule has 0 aromatic rings. The third-order valence-electron chi connectivity index (χ3n) is 4.53. The Bertz CT molecular complexity index is 349. The first-order valence-electron chi connectivity index (χ1n) is 7.79. The molecule has 2 saturated carbocycles. The minimum Gasteiger partial charge on any atom is -0.481 e. The Morgan fingerprint density at radius 1 is 1.05 bits per heavy atom. The van der Waals surface area contributed by atoms with Gasteiger partial charge < -0.3 is 10.0 Å². The van der Waals surface area contributed by atoms with Gasteiger partial charge in [-0.3, -0.25) is 14.5 Å². The number of amides is 1. The summed E-state index contributed by atoms with van der Waals surface area (Å²) in [5.74, 6) is -0.641. The van der Waals surface area contributed by atoms with E-state index < -0.39 is 5.97 Å². The van der Waals surface area contributed by atoms with E-state index in [2.05, 4.69) is 4.90 Å². The summed E-state index contributed by atoms with van der Waals surface area (Å²) in [6, 6.07) is 0.815. The van der Waals surface area contributed by atoms with Crippen LogP contribution in [0.1, 0.15) is 51.4 Å². The smallest absolute Gasteiger partial charge is 0.304 e. The normalized spacial score (nSPS) is 20.1. The van der Waals surface area contributed by atoms with E-state index in [-0.39, 0.29) is 12.3 Å². The maximum absolute atomic E-state index is 12.4. The Kier molecular flexibility index (Phi) is 5.40. The van der Waals surface area contributed by atoms with Gasteiger partial charge in [-0.2, -0.15) is 0 Å². The lowest BCUT2D eigenvalue weighted by Crippen LogP contribution is -2.45. The molecule has 5 heteroatoms. The average Bonchev–Trinajstić information content (AvgIpc) is 3.27. The van der Waals surface area contributed by atoms with Crippen molar-refractivity contribution >= 4 is 11.9 Å². The molecule has 0 aromatic heterocycles. The van der Waals surface area contributed by atoms with Gasteiger partial charge in [-0.15, -0.1) is 0 Å². The minimum absolute atomic E-state index is 0.122. The lowest BCUT2D eigenvalue weighted by atomic mass is 9.94. The van der Waals surface area contributed by atoms with Gasteiger partial charge in [-0.05, 0) is 25.7 Å². The van der Waals surface area contributed by atoms with E-state index in [1.54, 1.807) is 0 Å². The van der Waals surface area contributed by atoms with Gasteiger partial charge in [0.25, 0.3) is 0 Å². The highest BCUT2D eigenvalue weighted by molar-refractivity contribution is 5.78. The number of likely N-dealkylation sites (N-methyl/N-ethyl adjacent to an activating group) is 1. The summed E-state index contributed by atoms with van der Waals surface area (Å²) in [5, 5.41) is 8.79. The van der Waals surface area contributed by atoms with Crippen molar-refractivity contribution < 1.29 is 14.7 Å². The van der Waals surface area contributed by atoms with Crippen molar-refractivity contribution in [2.45, 2.75) is 63.5 Å². The van der Waals surface area contributed by atoms with Crippen LogP contribution in [-0.4, -0.2) is 59.0 Å². The van der Waals surface area contributed by atoms with Crippen molar-refractivity contribution in [2.24, 2.45) is 0 Å². The van der Waals surface area contributed by atoms with Crippen LogP contribution in [0, 0.1) is 0 Å². The number of carboxylic acids is 1. The van der Waals surface area contributed by atoms with Crippen LogP contribution in [0.4, 0.5) is 0 Å². The molecular formula is C15H26N2O3. The standard InChI is InChI=1S/C15H26N2O3/c1-16(12-5-3-2-4-6-12)14(18)11-17(13-7-8-13)10-9-15(19)20/h12-13H,2-11H2,1H3,(H,19,20). The van der Waals surface area contributed by atoms with E-state index in [0.29, 0.717) is 25.2 Å². The number of carbonyl (C=O) groups is 2. The molecule has 2 fully saturated rings. The first kappa shape index (κ1) is 15.3. The van der Waals surface area contributed by atoms with Crippen LogP contribution in [0.2, 0.25) is 0 Å². The third-order valence-corrected chi connectivity index (χ3v) is 4.53. The third kappa shape index (κ3) is 4.47. The molecule has 0 bridgehead atoms. The summed E-state index contributed by atoms with van der Waals surface area (Å²) in [4.78, 5) is 27.0. The van der Waals surface area contributed by atoms with Crippen LogP contribution >= 0.6 is 0 Å². The number of carbonyl (C=O) groups excluding carboxylic acids is 1. The van der Waals surface area contributed by atoms with Crippen molar-refractivity contribution in [1.29, 1.82) is 0 Å². The minimum atomic E-state index is -0.788. The molecule has 0 spiro atoms. The predicted molar refractivity (Wildman–Crippen MR) is 76.5 cm³/mol. The molecule has 0 saturated heterocycles. The molecule has 0 aliphatic heterocycles. The van der Waals surface area contributed by atoms with Crippen molar-refractivity contribution in [1.82, 2.24) is 9.80 Å². The molecule has 20 heavy (non-hydrogen) atoms. The summed E-state index contributed by atoms with van der Waals surface area (Å²) < 4.78 is 0. The van der Waals surface area contributed by atoms with E-state index >= 15 is 0 Å². The quantitative estimate of drug-likeness (QED) is 0.772. The van der Waals surface area contributed by atoms with Crippen molar-refractivity contribution in [3.63, 3.8) is 0 Å². The lowest BCUT2D eigenvalue weighted by Gasteiger charge is -2.33. The first-order chi connectivity index (χ1) is 9.58. The van der Waals surface area contributed by atoms with E-state index in [9.17, 15) is 9.59 Å². The molecule has 2 aliphatic carbocycles. The summed E-state index contributed by atoms with van der Waals surface area (Å²) in [5.41, 5.74) is 0. The number of carboxylic acid groups (broad SMARTS) is 1. The number of hydrogen-bond acceptors (Lipinski definition) is 3. The zero-order valence-electron chi connectivity index (χ0n) is 12.4. The molecule has 0 atom stereocenters. The molecule has 2 rings (SSSR count). The fourth-order valence-electron chi connectivity index (χ4n) is 3.03. The van der Waals surface area contributed by atoms with Gasteiger partial charge in [0, 0.05) is 25.7 Å². The van der Waals surface area contributed by atoms with Crippen LogP contribution in [0.25, 0.3) is 0 Å². The van der Waals surface area contributed by atoms with E-state index in [0.717, 1.165) is 25.7 Å². The molecule has 5 nitrogen and oxygen atoms in total. The highest BCUT2D eigenvalue weighted by Crippen LogP contribution is 2.27. The second-order valence-electron chi connectivity index (χ2n) is 6.14. The van der Waals surface area contributed by atoms with Crippen LogP contribution in [0.15, 0.2) is 0 Å². The molecular weight excluding hydrogens is 256 g/mol. The second-order valence-corrected chi connectivity index (χ2v) is 6.14. The second kappa shape index (κ2) is 7.07. The summed E-state index contributed by atoms with van der Waals surface area (Å²) in [6.45, 7) is 0.870. The van der Waals surface area contributed by atoms with E-state index in [1.807, 2.05) is 11.9 Å². The van der Waals surface area contributed by atoms with Gasteiger partial charge in [0.05, 0.1) is 13.0 Å². The Hall–Kier alpha value is -1.10. The molecule has 0 unspecified atom stereocenters. The van der Waals surface area contributed by atoms with E-state index in [1.165, 1.54) is 19.3 Å². The van der Waals surface area contributed by atoms with Gasteiger partial charge in [0.1, 0.15) is 0 Å². The van der Waals surface area contributed by atoms with Crippen molar-refractivity contribution in [3.8, 4) is 0 Å². The molecule has 0 radical (unpaired) electrons. The molecule has 0 heterocycles. The van der Waals surface area contributed by atoms with Gasteiger partial charge in [-0.25, -0.2) is 0 Å². The number of rotatable bonds is 7. The predicted octanol–water partition coefficient (Wildman–Crippen LogP) is 1.72. The van der Waals surface area contributed by atoms with Crippen LogP contribution in [-0.2, 0) is 9.59 Å². The SMILES string of the molecule is CN(C(=O)CN(CCC(=O)O)C1CC1)C1CCCCC1. The molecule has 0 aromatic carbocycles. The van der Waals surface area contributed by atoms with Crippen molar-refractivity contribution in [2.75, 3.05) is 20.1 Å². The van der Waals surface area contributed by atoms with Crippen LogP contribution < -0.4 is 0 Å². The van der Waals surface area contributed by atoms with Gasteiger partial charge in [0.2, 0.25) is 5.91 Å². The fraction of sp³-hybridized carbons (Fsp3) is 0.867. The maximum atomic E-state index is 12.4. The fourth-order valence-corrected chi connectivity index (χ4v) is 3.03. The Morgan fingerprint density at radius 3 is 2.25 bits per heavy atom. The Balaban J connectivity index is 1.81. The van der Waals surface area contributed by atoms with Gasteiger partial charge in [0.15, 0.2) is 0 Å². The van der Waals surface area contributed by atoms with Gasteiger partial charge >= 0.3 is 5.97 Å². The lowest BCUT2D eigenvalue weighted by molar-refractivity contribution is -0.139. The zero-order valence-corrected chi connectivity index (χ0v) is 12.4. The molecule has 1 N–H and O–H groups in total. The Morgan fingerprint density at radius 2 is 1.70 bits per heavy atom. The molecule has 1 amide bonds. The summed E-state index contributed by atoms with van der Waals surface area (Å²) in [7, 11) is 1.90. The maximum Gasteiger partial charge on any atom is 0.304 e. The zero-order chi connectivity index (χ0) is 14.5. The van der Waals surface area contributed by atoms with Crippen molar-refractivity contribution in [3.05, 3.63) is 0 Å². The summed E-state index contributed by atoms with van der Waals surface area (Å²) >= 11 is 0. The Labute approximate surface area is 120 Å². The van der Waals surface area contributed by atoms with E-state index in [4.69, 9.17) is 5.11 Å². The first-order valence-corrected chi connectivity index (χ1v) is 7.79. The number of hydrogen-bond donors (Lipinski definition) is 1. The van der Waals surface area contributed by atoms with Crippen LogP contribution in [0.3, 0.4) is 0 Å². The molecule has 2 aliphatic rings.